The summed E-state index contributed by atoms with van der Waals surface area (Å²) >= 11 is 1.79. The van der Waals surface area contributed by atoms with Crippen molar-refractivity contribution < 1.29 is 0 Å². The molecule has 0 amide bonds. The first-order chi connectivity index (χ1) is 10.3. The average molecular weight is 301 g/mol. The van der Waals surface area contributed by atoms with Crippen LogP contribution < -0.4 is 5.32 Å². The van der Waals surface area contributed by atoms with Gasteiger partial charge in [-0.1, -0.05) is 51.1 Å². The summed E-state index contributed by atoms with van der Waals surface area (Å²) in [5.74, 6) is 0. The second-order valence-electron chi connectivity index (χ2n) is 5.68. The van der Waals surface area contributed by atoms with Crippen molar-refractivity contribution in [3.05, 3.63) is 58.3 Å². The zero-order valence-electron chi connectivity index (χ0n) is 13.4. The molecule has 2 aromatic rings. The molecule has 114 valence electrons. The SMILES string of the molecule is CCNC(Cc1ccsc1)C(CC)(CC)c1ccccc1. The Kier molecular flexibility index (Phi) is 6.01. The largest absolute Gasteiger partial charge is 0.313 e. The van der Waals surface area contributed by atoms with Crippen LogP contribution in [0.2, 0.25) is 0 Å². The zero-order chi connectivity index (χ0) is 15.1. The summed E-state index contributed by atoms with van der Waals surface area (Å²) in [4.78, 5) is 0. The summed E-state index contributed by atoms with van der Waals surface area (Å²) in [6.07, 6.45) is 3.43. The van der Waals surface area contributed by atoms with Gasteiger partial charge in [0, 0.05) is 11.5 Å². The van der Waals surface area contributed by atoms with Gasteiger partial charge in [0.15, 0.2) is 0 Å². The fourth-order valence-corrected chi connectivity index (χ4v) is 4.16. The van der Waals surface area contributed by atoms with Crippen LogP contribution in [0, 0.1) is 0 Å². The molecular weight excluding hydrogens is 274 g/mol. The Balaban J connectivity index is 2.36. The summed E-state index contributed by atoms with van der Waals surface area (Å²) in [6, 6.07) is 13.8. The van der Waals surface area contributed by atoms with E-state index < -0.39 is 0 Å². The highest BCUT2D eigenvalue weighted by molar-refractivity contribution is 7.07. The molecule has 0 radical (unpaired) electrons. The van der Waals surface area contributed by atoms with Crippen LogP contribution in [0.25, 0.3) is 0 Å². The quantitative estimate of drug-likeness (QED) is 0.721. The van der Waals surface area contributed by atoms with Crippen LogP contribution in [-0.4, -0.2) is 12.6 Å². The topological polar surface area (TPSA) is 12.0 Å². The smallest absolute Gasteiger partial charge is 0.0204 e. The maximum atomic E-state index is 3.77. The zero-order valence-corrected chi connectivity index (χ0v) is 14.2. The molecule has 0 spiro atoms. The van der Waals surface area contributed by atoms with Crippen molar-refractivity contribution in [2.75, 3.05) is 6.54 Å². The molecule has 1 nitrogen and oxygen atoms in total. The maximum Gasteiger partial charge on any atom is 0.0204 e. The van der Waals surface area contributed by atoms with Gasteiger partial charge in [-0.3, -0.25) is 0 Å². The van der Waals surface area contributed by atoms with E-state index in [0.29, 0.717) is 6.04 Å². The van der Waals surface area contributed by atoms with E-state index in [-0.39, 0.29) is 5.41 Å². The van der Waals surface area contributed by atoms with E-state index in [2.05, 4.69) is 73.2 Å². The van der Waals surface area contributed by atoms with Crippen molar-refractivity contribution in [2.45, 2.75) is 51.5 Å². The third-order valence-corrected chi connectivity index (χ3v) is 5.48. The highest BCUT2D eigenvalue weighted by Crippen LogP contribution is 2.36. The van der Waals surface area contributed by atoms with E-state index in [4.69, 9.17) is 0 Å². The maximum absolute atomic E-state index is 3.77. The van der Waals surface area contributed by atoms with E-state index in [9.17, 15) is 0 Å². The molecule has 21 heavy (non-hydrogen) atoms. The third-order valence-electron chi connectivity index (χ3n) is 4.75. The van der Waals surface area contributed by atoms with Crippen LogP contribution in [0.1, 0.15) is 44.7 Å². The van der Waals surface area contributed by atoms with Crippen molar-refractivity contribution in [1.29, 1.82) is 0 Å². The lowest BCUT2D eigenvalue weighted by molar-refractivity contribution is 0.272. The second-order valence-corrected chi connectivity index (χ2v) is 6.46. The Morgan fingerprint density at radius 3 is 2.29 bits per heavy atom. The van der Waals surface area contributed by atoms with Gasteiger partial charge in [-0.2, -0.15) is 11.3 Å². The third kappa shape index (κ3) is 3.56. The first-order valence-corrected chi connectivity index (χ1v) is 9.01. The minimum absolute atomic E-state index is 0.208. The summed E-state index contributed by atoms with van der Waals surface area (Å²) in [5, 5.41) is 8.23. The first-order valence-electron chi connectivity index (χ1n) is 8.06. The van der Waals surface area contributed by atoms with E-state index >= 15 is 0 Å². The molecule has 0 bridgehead atoms. The first kappa shape index (κ1) is 16.3. The van der Waals surface area contributed by atoms with Crippen LogP contribution in [0.15, 0.2) is 47.2 Å². The Hall–Kier alpha value is -1.12. The molecule has 2 heteroatoms. The molecule has 0 aliphatic heterocycles. The van der Waals surface area contributed by atoms with Gasteiger partial charge in [-0.05, 0) is 53.8 Å². The van der Waals surface area contributed by atoms with Gasteiger partial charge in [-0.15, -0.1) is 0 Å². The molecule has 1 atom stereocenters. The minimum atomic E-state index is 0.208. The van der Waals surface area contributed by atoms with Gasteiger partial charge in [0.1, 0.15) is 0 Å². The fraction of sp³-hybridized carbons (Fsp3) is 0.474. The lowest BCUT2D eigenvalue weighted by Gasteiger charge is -2.41. The molecule has 1 aromatic carbocycles. The Labute approximate surface area is 133 Å². The minimum Gasteiger partial charge on any atom is -0.313 e. The molecule has 0 aliphatic rings. The van der Waals surface area contributed by atoms with E-state index in [1.807, 2.05) is 0 Å². The summed E-state index contributed by atoms with van der Waals surface area (Å²) in [7, 11) is 0. The standard InChI is InChI=1S/C19H27NS/c1-4-19(5-2,17-10-8-7-9-11-17)18(20-6-3)14-16-12-13-21-15-16/h7-13,15,18,20H,4-6,14H2,1-3H3. The molecule has 1 heterocycles. The molecular formula is C19H27NS. The van der Waals surface area contributed by atoms with Crippen LogP contribution in [0.5, 0.6) is 0 Å². The molecule has 0 fully saturated rings. The summed E-state index contributed by atoms with van der Waals surface area (Å²) < 4.78 is 0. The Morgan fingerprint density at radius 1 is 1.05 bits per heavy atom. The molecule has 1 unspecified atom stereocenters. The van der Waals surface area contributed by atoms with Gasteiger partial charge in [0.25, 0.3) is 0 Å². The normalized spacial score (nSPS) is 13.3. The number of likely N-dealkylation sites (N-methyl/N-ethyl adjacent to an activating group) is 1. The van der Waals surface area contributed by atoms with E-state index in [0.717, 1.165) is 25.8 Å². The van der Waals surface area contributed by atoms with Crippen LogP contribution in [0.3, 0.4) is 0 Å². The fourth-order valence-electron chi connectivity index (χ4n) is 3.48. The Morgan fingerprint density at radius 2 is 1.76 bits per heavy atom. The van der Waals surface area contributed by atoms with Gasteiger partial charge < -0.3 is 5.32 Å². The lowest BCUT2D eigenvalue weighted by Crippen LogP contribution is -2.49. The predicted octanol–water partition coefficient (Wildman–Crippen LogP) is 5.03. The highest BCUT2D eigenvalue weighted by atomic mass is 32.1. The van der Waals surface area contributed by atoms with Crippen LogP contribution in [-0.2, 0) is 11.8 Å². The van der Waals surface area contributed by atoms with Gasteiger partial charge in [0.2, 0.25) is 0 Å². The predicted molar refractivity (Wildman–Crippen MR) is 94.2 cm³/mol. The van der Waals surface area contributed by atoms with E-state index in [1.165, 1.54) is 11.1 Å². The number of benzene rings is 1. The molecule has 1 aromatic heterocycles. The highest BCUT2D eigenvalue weighted by Gasteiger charge is 2.36. The van der Waals surface area contributed by atoms with Gasteiger partial charge in [-0.25, -0.2) is 0 Å². The van der Waals surface area contributed by atoms with Crippen molar-refractivity contribution in [1.82, 2.24) is 5.32 Å². The summed E-state index contributed by atoms with van der Waals surface area (Å²) in [6.45, 7) is 7.88. The van der Waals surface area contributed by atoms with Gasteiger partial charge >= 0.3 is 0 Å². The van der Waals surface area contributed by atoms with Crippen molar-refractivity contribution in [3.8, 4) is 0 Å². The Bertz CT molecular complexity index is 500. The van der Waals surface area contributed by atoms with Crippen LogP contribution >= 0.6 is 11.3 Å². The number of thiophene rings is 1. The number of hydrogen-bond donors (Lipinski definition) is 1. The monoisotopic (exact) mass is 301 g/mol. The molecule has 1 N–H and O–H groups in total. The van der Waals surface area contributed by atoms with Gasteiger partial charge in [0.05, 0.1) is 0 Å². The van der Waals surface area contributed by atoms with Crippen molar-refractivity contribution in [2.24, 2.45) is 0 Å². The lowest BCUT2D eigenvalue weighted by atomic mass is 9.68. The van der Waals surface area contributed by atoms with Crippen LogP contribution in [0.4, 0.5) is 0 Å². The molecule has 0 saturated carbocycles. The average Bonchev–Trinajstić information content (AvgIpc) is 3.03. The number of rotatable bonds is 8. The molecule has 2 rings (SSSR count). The second kappa shape index (κ2) is 7.77. The number of hydrogen-bond acceptors (Lipinski definition) is 2. The van der Waals surface area contributed by atoms with E-state index in [1.54, 1.807) is 11.3 Å². The molecule has 0 aliphatic carbocycles. The molecule has 0 saturated heterocycles. The summed E-state index contributed by atoms with van der Waals surface area (Å²) in [5.41, 5.74) is 3.13. The number of nitrogens with one attached hydrogen (secondary N) is 1. The van der Waals surface area contributed by atoms with Crippen molar-refractivity contribution >= 4 is 11.3 Å². The van der Waals surface area contributed by atoms with Crippen molar-refractivity contribution in [3.63, 3.8) is 0 Å².